The molecule has 0 saturated heterocycles. The minimum absolute atomic E-state index is 0.517. The lowest BCUT2D eigenvalue weighted by atomic mass is 9.76. The Balaban J connectivity index is 2.64. The first-order valence-corrected chi connectivity index (χ1v) is 5.79. The van der Waals surface area contributed by atoms with Crippen molar-refractivity contribution >= 4 is 0 Å². The molecule has 1 rings (SSSR count). The molecule has 1 aliphatic rings. The molecule has 0 heterocycles. The maximum atomic E-state index is 4.02. The SMILES string of the molecule is C=C(C)CC(NC)C1CCCC1(C)C. The van der Waals surface area contributed by atoms with Gasteiger partial charge in [0, 0.05) is 6.04 Å². The molecule has 1 aliphatic carbocycles. The molecule has 0 aromatic carbocycles. The summed E-state index contributed by atoms with van der Waals surface area (Å²) in [5, 5.41) is 3.47. The van der Waals surface area contributed by atoms with E-state index in [-0.39, 0.29) is 0 Å². The average molecular weight is 195 g/mol. The first-order valence-electron chi connectivity index (χ1n) is 5.79. The van der Waals surface area contributed by atoms with E-state index in [1.807, 2.05) is 0 Å². The third kappa shape index (κ3) is 2.60. The van der Waals surface area contributed by atoms with Gasteiger partial charge < -0.3 is 5.32 Å². The van der Waals surface area contributed by atoms with Crippen LogP contribution in [0.15, 0.2) is 12.2 Å². The fraction of sp³-hybridized carbons (Fsp3) is 0.846. The van der Waals surface area contributed by atoms with Crippen LogP contribution in [0.5, 0.6) is 0 Å². The van der Waals surface area contributed by atoms with Crippen LogP contribution in [0.2, 0.25) is 0 Å². The highest BCUT2D eigenvalue weighted by molar-refractivity contribution is 4.99. The molecule has 2 atom stereocenters. The van der Waals surface area contributed by atoms with Gasteiger partial charge in [-0.05, 0) is 44.6 Å². The first kappa shape index (κ1) is 11.8. The standard InChI is InChI=1S/C13H25N/c1-10(2)9-12(14-5)11-7-6-8-13(11,3)4/h11-12,14H,1,6-9H2,2-5H3. The van der Waals surface area contributed by atoms with Gasteiger partial charge in [-0.15, -0.1) is 6.58 Å². The van der Waals surface area contributed by atoms with Crippen molar-refractivity contribution in [1.29, 1.82) is 0 Å². The van der Waals surface area contributed by atoms with E-state index in [1.54, 1.807) is 0 Å². The van der Waals surface area contributed by atoms with Crippen LogP contribution in [-0.4, -0.2) is 13.1 Å². The van der Waals surface area contributed by atoms with E-state index in [2.05, 4.69) is 39.7 Å². The van der Waals surface area contributed by atoms with Gasteiger partial charge in [0.1, 0.15) is 0 Å². The third-order valence-electron chi connectivity index (χ3n) is 3.76. The summed E-state index contributed by atoms with van der Waals surface area (Å²) < 4.78 is 0. The minimum Gasteiger partial charge on any atom is -0.316 e. The van der Waals surface area contributed by atoms with Gasteiger partial charge in [-0.3, -0.25) is 0 Å². The smallest absolute Gasteiger partial charge is 0.0134 e. The predicted molar refractivity (Wildman–Crippen MR) is 63.4 cm³/mol. The maximum Gasteiger partial charge on any atom is 0.0134 e. The zero-order valence-electron chi connectivity index (χ0n) is 10.2. The molecule has 1 nitrogen and oxygen atoms in total. The molecular weight excluding hydrogens is 170 g/mol. The van der Waals surface area contributed by atoms with Crippen LogP contribution in [0.4, 0.5) is 0 Å². The van der Waals surface area contributed by atoms with Gasteiger partial charge in [0.05, 0.1) is 0 Å². The van der Waals surface area contributed by atoms with Gasteiger partial charge >= 0.3 is 0 Å². The molecule has 1 fully saturated rings. The lowest BCUT2D eigenvalue weighted by Gasteiger charge is -2.34. The molecule has 82 valence electrons. The van der Waals surface area contributed by atoms with Crippen molar-refractivity contribution in [2.24, 2.45) is 11.3 Å². The van der Waals surface area contributed by atoms with Crippen molar-refractivity contribution in [3.05, 3.63) is 12.2 Å². The summed E-state index contributed by atoms with van der Waals surface area (Å²) in [5.41, 5.74) is 1.82. The van der Waals surface area contributed by atoms with Crippen LogP contribution >= 0.6 is 0 Å². The quantitative estimate of drug-likeness (QED) is 0.678. The highest BCUT2D eigenvalue weighted by atomic mass is 14.9. The van der Waals surface area contributed by atoms with Crippen molar-refractivity contribution < 1.29 is 0 Å². The fourth-order valence-electron chi connectivity index (χ4n) is 2.92. The molecule has 1 N–H and O–H groups in total. The molecule has 0 spiro atoms. The molecular formula is C13H25N. The summed E-state index contributed by atoms with van der Waals surface area (Å²) in [6, 6.07) is 0.630. The molecule has 0 aliphatic heterocycles. The molecule has 1 saturated carbocycles. The first-order chi connectivity index (χ1) is 6.47. The lowest BCUT2D eigenvalue weighted by Crippen LogP contribution is -2.39. The van der Waals surface area contributed by atoms with E-state index >= 15 is 0 Å². The van der Waals surface area contributed by atoms with Crippen LogP contribution in [-0.2, 0) is 0 Å². The van der Waals surface area contributed by atoms with E-state index < -0.39 is 0 Å². The molecule has 1 heteroatoms. The Labute approximate surface area is 89.0 Å². The Hall–Kier alpha value is -0.300. The molecule has 0 aromatic heterocycles. The number of nitrogens with one attached hydrogen (secondary N) is 1. The number of hydrogen-bond donors (Lipinski definition) is 1. The lowest BCUT2D eigenvalue weighted by molar-refractivity contribution is 0.201. The summed E-state index contributed by atoms with van der Waals surface area (Å²) in [6.45, 7) is 11.0. The van der Waals surface area contributed by atoms with Gasteiger partial charge in [0.25, 0.3) is 0 Å². The van der Waals surface area contributed by atoms with Gasteiger partial charge in [0.15, 0.2) is 0 Å². The Bertz CT molecular complexity index is 205. The summed E-state index contributed by atoms with van der Waals surface area (Å²) in [7, 11) is 2.09. The van der Waals surface area contributed by atoms with Crippen molar-refractivity contribution in [2.75, 3.05) is 7.05 Å². The molecule has 14 heavy (non-hydrogen) atoms. The van der Waals surface area contributed by atoms with Crippen LogP contribution in [0.25, 0.3) is 0 Å². The summed E-state index contributed by atoms with van der Waals surface area (Å²) in [4.78, 5) is 0. The van der Waals surface area contributed by atoms with E-state index in [4.69, 9.17) is 0 Å². The summed E-state index contributed by atoms with van der Waals surface area (Å²) >= 11 is 0. The summed E-state index contributed by atoms with van der Waals surface area (Å²) in [5.74, 6) is 0.823. The van der Waals surface area contributed by atoms with Gasteiger partial charge in [-0.2, -0.15) is 0 Å². The Morgan fingerprint density at radius 1 is 1.57 bits per heavy atom. The zero-order valence-corrected chi connectivity index (χ0v) is 10.2. The Kier molecular flexibility index (Phi) is 3.77. The molecule has 0 bridgehead atoms. The zero-order chi connectivity index (χ0) is 10.8. The minimum atomic E-state index is 0.517. The fourth-order valence-corrected chi connectivity index (χ4v) is 2.92. The van der Waals surface area contributed by atoms with Gasteiger partial charge in [0.2, 0.25) is 0 Å². The van der Waals surface area contributed by atoms with Crippen molar-refractivity contribution in [3.63, 3.8) is 0 Å². The number of rotatable bonds is 4. The topological polar surface area (TPSA) is 12.0 Å². The second kappa shape index (κ2) is 4.48. The Morgan fingerprint density at radius 2 is 2.21 bits per heavy atom. The van der Waals surface area contributed by atoms with Crippen molar-refractivity contribution in [2.45, 2.75) is 52.5 Å². The van der Waals surface area contributed by atoms with Crippen molar-refractivity contribution in [1.82, 2.24) is 5.32 Å². The van der Waals surface area contributed by atoms with Gasteiger partial charge in [-0.25, -0.2) is 0 Å². The largest absolute Gasteiger partial charge is 0.316 e. The molecule has 0 radical (unpaired) electrons. The number of hydrogen-bond acceptors (Lipinski definition) is 1. The normalized spacial score (nSPS) is 27.6. The second-order valence-corrected chi connectivity index (χ2v) is 5.54. The Morgan fingerprint density at radius 3 is 2.57 bits per heavy atom. The van der Waals surface area contributed by atoms with E-state index in [9.17, 15) is 0 Å². The molecule has 2 unspecified atom stereocenters. The molecule has 0 amide bonds. The maximum absolute atomic E-state index is 4.02. The highest BCUT2D eigenvalue weighted by Crippen LogP contribution is 2.45. The van der Waals surface area contributed by atoms with Crippen LogP contribution < -0.4 is 5.32 Å². The van der Waals surface area contributed by atoms with Gasteiger partial charge in [-0.1, -0.05) is 25.8 Å². The van der Waals surface area contributed by atoms with Crippen molar-refractivity contribution in [3.8, 4) is 0 Å². The predicted octanol–water partition coefficient (Wildman–Crippen LogP) is 3.37. The third-order valence-corrected chi connectivity index (χ3v) is 3.76. The summed E-state index contributed by atoms with van der Waals surface area (Å²) in [6.07, 6.45) is 5.29. The molecule has 0 aromatic rings. The van der Waals surface area contributed by atoms with E-state index in [0.717, 1.165) is 12.3 Å². The highest BCUT2D eigenvalue weighted by Gasteiger charge is 2.38. The van der Waals surface area contributed by atoms with Crippen LogP contribution in [0.3, 0.4) is 0 Å². The van der Waals surface area contributed by atoms with Crippen LogP contribution in [0, 0.1) is 11.3 Å². The van der Waals surface area contributed by atoms with E-state index in [0.29, 0.717) is 11.5 Å². The van der Waals surface area contributed by atoms with Crippen LogP contribution in [0.1, 0.15) is 46.5 Å². The van der Waals surface area contributed by atoms with E-state index in [1.165, 1.54) is 24.8 Å². The monoisotopic (exact) mass is 195 g/mol. The second-order valence-electron chi connectivity index (χ2n) is 5.54. The average Bonchev–Trinajstić information content (AvgIpc) is 2.41.